The summed E-state index contributed by atoms with van der Waals surface area (Å²) in [5.41, 5.74) is 0.743. The fourth-order valence-electron chi connectivity index (χ4n) is 0.567. The molecule has 8 heavy (non-hydrogen) atoms. The van der Waals surface area contributed by atoms with Crippen LogP contribution in [0.15, 0.2) is 30.3 Å². The van der Waals surface area contributed by atoms with Crippen LogP contribution in [-0.4, -0.2) is 0 Å². The molecule has 0 unspecified atom stereocenters. The second-order valence-corrected chi connectivity index (χ2v) is 1.62. The quantitative estimate of drug-likeness (QED) is 0.519. The Hall–Kier alpha value is -0.850. The Kier molecular flexibility index (Phi) is 1.62. The number of rotatable bonds is 1. The van der Waals surface area contributed by atoms with Gasteiger partial charge < -0.3 is 0 Å². The molecule has 0 aliphatic heterocycles. The summed E-state index contributed by atoms with van der Waals surface area (Å²) in [6, 6.07) is 9.06. The summed E-state index contributed by atoms with van der Waals surface area (Å²) in [7, 11) is 0. The van der Waals surface area contributed by atoms with E-state index < -0.39 is 0 Å². The normalized spacial score (nSPS) is 9.12. The van der Waals surface area contributed by atoms with Gasteiger partial charge in [-0.1, -0.05) is 30.3 Å². The first kappa shape index (κ1) is 5.29. The minimum absolute atomic E-state index is 0.360. The highest BCUT2D eigenvalue weighted by atomic mass is 19.1. The second-order valence-electron chi connectivity index (χ2n) is 1.62. The molecule has 0 radical (unpaired) electrons. The predicted octanol–water partition coefficient (Wildman–Crippen LogP) is 2.16. The molecule has 0 spiro atoms. The minimum atomic E-state index is -0.360. The van der Waals surface area contributed by atoms with Gasteiger partial charge >= 0.3 is 0 Å². The van der Waals surface area contributed by atoms with E-state index in [0.717, 1.165) is 5.56 Å². The van der Waals surface area contributed by atoms with Crippen LogP contribution < -0.4 is 0 Å². The first-order valence-corrected chi connectivity index (χ1v) is 2.53. The van der Waals surface area contributed by atoms with Crippen LogP contribution in [0.2, 0.25) is 0 Å². The van der Waals surface area contributed by atoms with E-state index in [1.807, 2.05) is 18.2 Å². The lowest BCUT2D eigenvalue weighted by Gasteiger charge is -1.87. The summed E-state index contributed by atoms with van der Waals surface area (Å²) < 4.78 is 11.7. The summed E-state index contributed by atoms with van der Waals surface area (Å²) >= 11 is 0. The average Bonchev–Trinajstić information content (AvgIpc) is 1.90. The van der Waals surface area contributed by atoms with Crippen LogP contribution in [0.25, 0.3) is 0 Å². The van der Waals surface area contributed by atoms with Gasteiger partial charge in [0, 0.05) is 0 Å². The van der Waals surface area contributed by atoms with Crippen molar-refractivity contribution in [2.75, 3.05) is 0 Å². The molecule has 0 aromatic heterocycles. The van der Waals surface area contributed by atoms with Crippen LogP contribution in [-0.2, 0) is 6.67 Å². The van der Waals surface area contributed by atoms with E-state index in [0.29, 0.717) is 0 Å². The van der Waals surface area contributed by atoms with Crippen molar-refractivity contribution in [3.05, 3.63) is 35.9 Å². The standard InChI is InChI=1S/C7H7F/c8-6-7-4-2-1-3-5-7/h1-5H,6H2. The van der Waals surface area contributed by atoms with Gasteiger partial charge in [-0.15, -0.1) is 0 Å². The largest absolute Gasteiger partial charge is 0.246 e. The monoisotopic (exact) mass is 110 g/mol. The van der Waals surface area contributed by atoms with Gasteiger partial charge in [0.1, 0.15) is 6.67 Å². The van der Waals surface area contributed by atoms with Crippen LogP contribution >= 0.6 is 0 Å². The maximum atomic E-state index is 11.7. The van der Waals surface area contributed by atoms with Crippen molar-refractivity contribution >= 4 is 0 Å². The minimum Gasteiger partial charge on any atom is -0.246 e. The van der Waals surface area contributed by atoms with E-state index in [-0.39, 0.29) is 6.67 Å². The van der Waals surface area contributed by atoms with E-state index in [4.69, 9.17) is 0 Å². The molecule has 0 N–H and O–H groups in total. The lowest BCUT2D eigenvalue weighted by atomic mass is 10.2. The number of hydrogen-bond acceptors (Lipinski definition) is 0. The smallest absolute Gasteiger partial charge is 0.115 e. The Bertz CT molecular complexity index is 146. The number of hydrogen-bond donors (Lipinski definition) is 0. The Morgan fingerprint density at radius 2 is 1.75 bits per heavy atom. The third kappa shape index (κ3) is 1.06. The third-order valence-corrected chi connectivity index (χ3v) is 0.997. The molecule has 0 amide bonds. The van der Waals surface area contributed by atoms with Gasteiger partial charge in [0.15, 0.2) is 0 Å². The molecule has 0 saturated carbocycles. The summed E-state index contributed by atoms with van der Waals surface area (Å²) in [5.74, 6) is 0. The van der Waals surface area contributed by atoms with Crippen molar-refractivity contribution in [1.29, 1.82) is 0 Å². The van der Waals surface area contributed by atoms with Gasteiger partial charge in [-0.05, 0) is 5.56 Å². The molecular weight excluding hydrogens is 103 g/mol. The Balaban J connectivity index is 2.83. The molecule has 0 bridgehead atoms. The molecule has 0 heterocycles. The summed E-state index contributed by atoms with van der Waals surface area (Å²) in [5, 5.41) is 0. The molecule has 1 heteroatoms. The van der Waals surface area contributed by atoms with Crippen molar-refractivity contribution in [3.63, 3.8) is 0 Å². The van der Waals surface area contributed by atoms with Gasteiger partial charge in [0.05, 0.1) is 0 Å². The van der Waals surface area contributed by atoms with Crippen molar-refractivity contribution < 1.29 is 4.39 Å². The molecular formula is C7H7F. The van der Waals surface area contributed by atoms with E-state index in [2.05, 4.69) is 0 Å². The zero-order valence-electron chi connectivity index (χ0n) is 4.47. The molecule has 1 rings (SSSR count). The predicted molar refractivity (Wildman–Crippen MR) is 31.3 cm³/mol. The Labute approximate surface area is 48.0 Å². The SMILES string of the molecule is FCc1ccccc1. The Morgan fingerprint density at radius 1 is 1.12 bits per heavy atom. The first-order chi connectivity index (χ1) is 3.93. The highest BCUT2D eigenvalue weighted by molar-refractivity contribution is 5.13. The van der Waals surface area contributed by atoms with Gasteiger partial charge in [0.25, 0.3) is 0 Å². The third-order valence-electron chi connectivity index (χ3n) is 0.997. The van der Waals surface area contributed by atoms with E-state index in [9.17, 15) is 4.39 Å². The molecule has 0 aliphatic carbocycles. The summed E-state index contributed by atoms with van der Waals surface area (Å²) in [4.78, 5) is 0. The molecule has 1 aromatic rings. The van der Waals surface area contributed by atoms with Crippen molar-refractivity contribution in [2.24, 2.45) is 0 Å². The fourth-order valence-corrected chi connectivity index (χ4v) is 0.567. The number of benzene rings is 1. The Morgan fingerprint density at radius 3 is 2.12 bits per heavy atom. The summed E-state index contributed by atoms with van der Waals surface area (Å²) in [6.45, 7) is -0.360. The number of halogens is 1. The molecule has 1 aromatic carbocycles. The summed E-state index contributed by atoms with van der Waals surface area (Å²) in [6.07, 6.45) is 0. The highest BCUT2D eigenvalue weighted by Gasteiger charge is 1.82. The van der Waals surface area contributed by atoms with Gasteiger partial charge in [-0.2, -0.15) is 0 Å². The lowest BCUT2D eigenvalue weighted by Crippen LogP contribution is -1.72. The average molecular weight is 110 g/mol. The fraction of sp³-hybridized carbons (Fsp3) is 0.143. The van der Waals surface area contributed by atoms with Crippen LogP contribution in [0.4, 0.5) is 4.39 Å². The maximum Gasteiger partial charge on any atom is 0.115 e. The molecule has 0 nitrogen and oxygen atoms in total. The zero-order valence-corrected chi connectivity index (χ0v) is 4.47. The van der Waals surface area contributed by atoms with E-state index in [1.165, 1.54) is 0 Å². The molecule has 0 saturated heterocycles. The highest BCUT2D eigenvalue weighted by Crippen LogP contribution is 1.98. The van der Waals surface area contributed by atoms with Gasteiger partial charge in [-0.3, -0.25) is 0 Å². The van der Waals surface area contributed by atoms with Crippen LogP contribution in [0.1, 0.15) is 5.56 Å². The molecule has 0 fully saturated rings. The van der Waals surface area contributed by atoms with E-state index in [1.54, 1.807) is 12.1 Å². The van der Waals surface area contributed by atoms with Gasteiger partial charge in [-0.25, -0.2) is 4.39 Å². The zero-order chi connectivity index (χ0) is 5.82. The van der Waals surface area contributed by atoms with Crippen LogP contribution in [0, 0.1) is 0 Å². The van der Waals surface area contributed by atoms with E-state index >= 15 is 0 Å². The van der Waals surface area contributed by atoms with Crippen LogP contribution in [0.5, 0.6) is 0 Å². The lowest BCUT2D eigenvalue weighted by molar-refractivity contribution is 0.485. The molecule has 42 valence electrons. The van der Waals surface area contributed by atoms with Crippen LogP contribution in [0.3, 0.4) is 0 Å². The second kappa shape index (κ2) is 2.46. The maximum absolute atomic E-state index is 11.7. The molecule has 0 atom stereocenters. The number of alkyl halides is 1. The van der Waals surface area contributed by atoms with Crippen molar-refractivity contribution in [2.45, 2.75) is 6.67 Å². The first-order valence-electron chi connectivity index (χ1n) is 2.53. The molecule has 0 aliphatic rings. The van der Waals surface area contributed by atoms with Crippen molar-refractivity contribution in [3.8, 4) is 0 Å². The van der Waals surface area contributed by atoms with Gasteiger partial charge in [0.2, 0.25) is 0 Å². The topological polar surface area (TPSA) is 0 Å². The van der Waals surface area contributed by atoms with Crippen molar-refractivity contribution in [1.82, 2.24) is 0 Å².